The predicted molar refractivity (Wildman–Crippen MR) is 79.9 cm³/mol. The quantitative estimate of drug-likeness (QED) is 0.592. The highest BCUT2D eigenvalue weighted by Gasteiger charge is 2.02. The van der Waals surface area contributed by atoms with E-state index in [2.05, 4.69) is 33.0 Å². The second kappa shape index (κ2) is 4.71. The maximum atomic E-state index is 5.89. The Balaban J connectivity index is 2.15. The van der Waals surface area contributed by atoms with E-state index in [1.807, 2.05) is 42.5 Å². The predicted octanol–water partition coefficient (Wildman–Crippen LogP) is 5.32. The van der Waals surface area contributed by atoms with Crippen molar-refractivity contribution in [2.24, 2.45) is 0 Å². The number of halogens is 2. The molecule has 0 unspecified atom stereocenters. The molecule has 1 aromatic heterocycles. The Morgan fingerprint density at radius 3 is 2.39 bits per heavy atom. The van der Waals surface area contributed by atoms with Gasteiger partial charge in [-0.3, -0.25) is 0 Å². The zero-order chi connectivity index (χ0) is 12.5. The molecule has 0 spiro atoms. The largest absolute Gasteiger partial charge is 0.248 e. The van der Waals surface area contributed by atoms with Gasteiger partial charge in [0.1, 0.15) is 0 Å². The van der Waals surface area contributed by atoms with E-state index in [9.17, 15) is 0 Å². The summed E-state index contributed by atoms with van der Waals surface area (Å²) in [5.74, 6) is 0. The van der Waals surface area contributed by atoms with Crippen LogP contribution in [0.25, 0.3) is 22.2 Å². The summed E-state index contributed by atoms with van der Waals surface area (Å²) in [6.07, 6.45) is 0. The van der Waals surface area contributed by atoms with E-state index in [-0.39, 0.29) is 0 Å². The topological polar surface area (TPSA) is 12.9 Å². The number of nitrogens with zero attached hydrogens (tertiary/aromatic N) is 1. The molecule has 0 bridgehead atoms. The van der Waals surface area contributed by atoms with Crippen LogP contribution in [0.1, 0.15) is 0 Å². The van der Waals surface area contributed by atoms with Crippen LogP contribution in [0.3, 0.4) is 0 Å². The Hall–Kier alpha value is -1.38. The van der Waals surface area contributed by atoms with Crippen molar-refractivity contribution in [3.8, 4) is 11.3 Å². The SMILES string of the molecule is Clc1ccc(-c2ccc3ccc(Br)cc3n2)cc1. The number of benzene rings is 2. The molecule has 0 atom stereocenters. The molecule has 1 heterocycles. The lowest BCUT2D eigenvalue weighted by Crippen LogP contribution is -1.85. The second-order valence-electron chi connectivity index (χ2n) is 4.04. The minimum absolute atomic E-state index is 0.738. The van der Waals surface area contributed by atoms with Gasteiger partial charge in [-0.15, -0.1) is 0 Å². The van der Waals surface area contributed by atoms with Gasteiger partial charge >= 0.3 is 0 Å². The molecule has 3 aromatic rings. The van der Waals surface area contributed by atoms with Crippen LogP contribution in [0.5, 0.6) is 0 Å². The lowest BCUT2D eigenvalue weighted by molar-refractivity contribution is 1.39. The number of pyridine rings is 1. The van der Waals surface area contributed by atoms with Gasteiger partial charge in [0, 0.05) is 20.4 Å². The monoisotopic (exact) mass is 317 g/mol. The first-order chi connectivity index (χ1) is 8.72. The first kappa shape index (κ1) is 11.7. The molecule has 0 fully saturated rings. The Morgan fingerprint density at radius 2 is 1.61 bits per heavy atom. The van der Waals surface area contributed by atoms with Gasteiger partial charge in [0.25, 0.3) is 0 Å². The van der Waals surface area contributed by atoms with Gasteiger partial charge < -0.3 is 0 Å². The van der Waals surface area contributed by atoms with Crippen molar-refractivity contribution in [3.05, 3.63) is 64.1 Å². The zero-order valence-corrected chi connectivity index (χ0v) is 11.7. The van der Waals surface area contributed by atoms with Gasteiger partial charge in [0.15, 0.2) is 0 Å². The van der Waals surface area contributed by atoms with Crippen LogP contribution in [-0.4, -0.2) is 4.98 Å². The molecule has 0 saturated heterocycles. The third-order valence-electron chi connectivity index (χ3n) is 2.79. The van der Waals surface area contributed by atoms with Gasteiger partial charge in [0.2, 0.25) is 0 Å². The van der Waals surface area contributed by atoms with Gasteiger partial charge in [-0.1, -0.05) is 51.8 Å². The van der Waals surface area contributed by atoms with E-state index in [1.165, 1.54) is 0 Å². The number of aromatic nitrogens is 1. The molecule has 0 amide bonds. The maximum absolute atomic E-state index is 5.89. The summed E-state index contributed by atoms with van der Waals surface area (Å²) in [6.45, 7) is 0. The first-order valence-electron chi connectivity index (χ1n) is 5.55. The summed E-state index contributed by atoms with van der Waals surface area (Å²) in [6, 6.07) is 17.9. The van der Waals surface area contributed by atoms with Crippen LogP contribution in [-0.2, 0) is 0 Å². The van der Waals surface area contributed by atoms with Gasteiger partial charge in [-0.2, -0.15) is 0 Å². The number of fused-ring (bicyclic) bond motifs is 1. The summed E-state index contributed by atoms with van der Waals surface area (Å²) in [7, 11) is 0. The summed E-state index contributed by atoms with van der Waals surface area (Å²) in [4.78, 5) is 4.66. The smallest absolute Gasteiger partial charge is 0.0720 e. The van der Waals surface area contributed by atoms with Crippen molar-refractivity contribution in [1.82, 2.24) is 4.98 Å². The fraction of sp³-hybridized carbons (Fsp3) is 0. The number of hydrogen-bond acceptors (Lipinski definition) is 1. The highest BCUT2D eigenvalue weighted by Crippen LogP contribution is 2.24. The molecule has 0 aliphatic heterocycles. The molecule has 0 aliphatic carbocycles. The molecule has 1 nitrogen and oxygen atoms in total. The maximum Gasteiger partial charge on any atom is 0.0720 e. The Kier molecular flexibility index (Phi) is 3.06. The molecule has 0 radical (unpaired) electrons. The summed E-state index contributed by atoms with van der Waals surface area (Å²) in [5.41, 5.74) is 3.01. The van der Waals surface area contributed by atoms with Crippen molar-refractivity contribution in [1.29, 1.82) is 0 Å². The zero-order valence-electron chi connectivity index (χ0n) is 9.40. The highest BCUT2D eigenvalue weighted by atomic mass is 79.9. The van der Waals surface area contributed by atoms with Crippen molar-refractivity contribution in [2.45, 2.75) is 0 Å². The van der Waals surface area contributed by atoms with Crippen LogP contribution in [0, 0.1) is 0 Å². The minimum atomic E-state index is 0.738. The molecule has 3 heteroatoms. The Morgan fingerprint density at radius 1 is 0.889 bits per heavy atom. The van der Waals surface area contributed by atoms with Gasteiger partial charge in [-0.25, -0.2) is 4.98 Å². The van der Waals surface area contributed by atoms with Crippen molar-refractivity contribution in [3.63, 3.8) is 0 Å². The third-order valence-corrected chi connectivity index (χ3v) is 3.54. The molecule has 0 N–H and O–H groups in total. The molecular weight excluding hydrogens is 310 g/mol. The van der Waals surface area contributed by atoms with Crippen molar-refractivity contribution >= 4 is 38.4 Å². The van der Waals surface area contributed by atoms with E-state index in [1.54, 1.807) is 0 Å². The average molecular weight is 319 g/mol. The molecule has 88 valence electrons. The third kappa shape index (κ3) is 2.26. The molecule has 18 heavy (non-hydrogen) atoms. The van der Waals surface area contributed by atoms with Crippen LogP contribution in [0.2, 0.25) is 5.02 Å². The van der Waals surface area contributed by atoms with Crippen molar-refractivity contribution < 1.29 is 0 Å². The lowest BCUT2D eigenvalue weighted by atomic mass is 10.1. The van der Waals surface area contributed by atoms with Crippen LogP contribution in [0.15, 0.2) is 59.1 Å². The summed E-state index contributed by atoms with van der Waals surface area (Å²) >= 11 is 9.35. The molecular formula is C15H9BrClN. The average Bonchev–Trinajstić information content (AvgIpc) is 2.38. The van der Waals surface area contributed by atoms with E-state index in [0.29, 0.717) is 0 Å². The highest BCUT2D eigenvalue weighted by molar-refractivity contribution is 9.10. The summed E-state index contributed by atoms with van der Waals surface area (Å²) < 4.78 is 1.04. The standard InChI is InChI=1S/C15H9BrClN/c16-12-5-1-11-4-8-14(18-15(11)9-12)10-2-6-13(17)7-3-10/h1-9H. The van der Waals surface area contributed by atoms with E-state index in [0.717, 1.165) is 31.7 Å². The van der Waals surface area contributed by atoms with E-state index in [4.69, 9.17) is 11.6 Å². The Bertz CT molecular complexity index is 707. The van der Waals surface area contributed by atoms with Gasteiger partial charge in [0.05, 0.1) is 11.2 Å². The van der Waals surface area contributed by atoms with E-state index < -0.39 is 0 Å². The summed E-state index contributed by atoms with van der Waals surface area (Å²) in [5, 5.41) is 1.87. The molecule has 2 aromatic carbocycles. The van der Waals surface area contributed by atoms with Crippen molar-refractivity contribution in [2.75, 3.05) is 0 Å². The fourth-order valence-electron chi connectivity index (χ4n) is 1.87. The van der Waals surface area contributed by atoms with Crippen LogP contribution < -0.4 is 0 Å². The Labute approximate surface area is 119 Å². The fourth-order valence-corrected chi connectivity index (χ4v) is 2.35. The van der Waals surface area contributed by atoms with Crippen LogP contribution in [0.4, 0.5) is 0 Å². The first-order valence-corrected chi connectivity index (χ1v) is 6.72. The van der Waals surface area contributed by atoms with Crippen LogP contribution >= 0.6 is 27.5 Å². The number of rotatable bonds is 1. The van der Waals surface area contributed by atoms with Gasteiger partial charge in [-0.05, 0) is 30.3 Å². The molecule has 3 rings (SSSR count). The molecule has 0 aliphatic rings. The second-order valence-corrected chi connectivity index (χ2v) is 5.39. The lowest BCUT2D eigenvalue weighted by Gasteiger charge is -2.04. The molecule has 0 saturated carbocycles. The minimum Gasteiger partial charge on any atom is -0.248 e. The van der Waals surface area contributed by atoms with E-state index >= 15 is 0 Å². The normalized spacial score (nSPS) is 10.8. The number of hydrogen-bond donors (Lipinski definition) is 0.